The molecule has 0 unspecified atom stereocenters. The number of pyridine rings is 1. The maximum atomic E-state index is 9.86. The minimum Gasteiger partial charge on any atom is -0.726 e. The summed E-state index contributed by atoms with van der Waals surface area (Å²) in [5, 5.41) is 0. The van der Waals surface area contributed by atoms with Crippen LogP contribution in [0.2, 0.25) is 0 Å². The first-order valence-electron chi connectivity index (χ1n) is 5.14. The van der Waals surface area contributed by atoms with E-state index in [1.165, 1.54) is 7.11 Å². The van der Waals surface area contributed by atoms with E-state index in [4.69, 9.17) is 4.74 Å². The van der Waals surface area contributed by atoms with Crippen molar-refractivity contribution in [2.45, 2.75) is 0 Å². The van der Waals surface area contributed by atoms with Gasteiger partial charge < -0.3 is 14.0 Å². The molecule has 0 saturated heterocycles. The number of H-pyrrole nitrogens is 1. The lowest BCUT2D eigenvalue weighted by Crippen LogP contribution is -2.12. The molecule has 0 fully saturated rings. The monoisotopic (exact) mass is 279 g/mol. The summed E-state index contributed by atoms with van der Waals surface area (Å²) in [6.07, 6.45) is 3.75. The van der Waals surface area contributed by atoms with Crippen LogP contribution in [0.25, 0.3) is 0 Å². The fourth-order valence-corrected chi connectivity index (χ4v) is 1.05. The molecule has 0 aromatic carbocycles. The standard InChI is InChI=1S/C5H5N.C5H12O6S/c1-2-4-6-5-3-1;1-9-2-3-10-4-5-11-12(6,7)8/h1-5H;2-5H2,1H3,(H,6,7,8). The van der Waals surface area contributed by atoms with Crippen LogP contribution >= 0.6 is 0 Å². The van der Waals surface area contributed by atoms with Gasteiger partial charge in [-0.05, 0) is 0 Å². The fourth-order valence-electron chi connectivity index (χ4n) is 0.781. The Morgan fingerprint density at radius 1 is 1.06 bits per heavy atom. The summed E-state index contributed by atoms with van der Waals surface area (Å²) in [6, 6.07) is 5.86. The van der Waals surface area contributed by atoms with Crippen LogP contribution < -0.4 is 4.98 Å². The maximum absolute atomic E-state index is 9.86. The van der Waals surface area contributed by atoms with Crippen LogP contribution in [0, 0.1) is 0 Å². The van der Waals surface area contributed by atoms with Gasteiger partial charge in [-0.15, -0.1) is 0 Å². The van der Waals surface area contributed by atoms with E-state index >= 15 is 0 Å². The molecular formula is C10H17NO6S. The van der Waals surface area contributed by atoms with Gasteiger partial charge in [0.15, 0.2) is 12.4 Å². The van der Waals surface area contributed by atoms with E-state index in [1.807, 2.05) is 30.6 Å². The summed E-state index contributed by atoms with van der Waals surface area (Å²) in [6.45, 7) is 0.573. The second-order valence-corrected chi connectivity index (χ2v) is 3.96. The average molecular weight is 279 g/mol. The van der Waals surface area contributed by atoms with E-state index in [-0.39, 0.29) is 13.2 Å². The third-order valence-electron chi connectivity index (χ3n) is 1.49. The van der Waals surface area contributed by atoms with Crippen LogP contribution in [0.5, 0.6) is 0 Å². The van der Waals surface area contributed by atoms with E-state index in [0.29, 0.717) is 13.2 Å². The van der Waals surface area contributed by atoms with Crippen molar-refractivity contribution in [3.05, 3.63) is 30.6 Å². The highest BCUT2D eigenvalue weighted by atomic mass is 32.3. The molecule has 1 aromatic rings. The van der Waals surface area contributed by atoms with Crippen LogP contribution in [0.15, 0.2) is 30.6 Å². The lowest BCUT2D eigenvalue weighted by atomic mass is 10.5. The molecule has 0 atom stereocenters. The number of hydrogen-bond donors (Lipinski definition) is 0. The number of aromatic nitrogens is 1. The average Bonchev–Trinajstić information content (AvgIpc) is 2.35. The lowest BCUT2D eigenvalue weighted by Gasteiger charge is -2.07. The highest BCUT2D eigenvalue weighted by molar-refractivity contribution is 7.80. The molecular weight excluding hydrogens is 262 g/mol. The molecule has 1 rings (SSSR count). The van der Waals surface area contributed by atoms with Crippen molar-refractivity contribution >= 4 is 10.4 Å². The summed E-state index contributed by atoms with van der Waals surface area (Å²) in [4.78, 5) is 2.89. The zero-order valence-electron chi connectivity index (χ0n) is 10.1. The fraction of sp³-hybridized carbons (Fsp3) is 0.500. The normalized spacial score (nSPS) is 10.6. The topological polar surface area (TPSA) is 99.0 Å². The summed E-state index contributed by atoms with van der Waals surface area (Å²) >= 11 is 0. The zero-order chi connectivity index (χ0) is 13.7. The molecule has 0 spiro atoms. The van der Waals surface area contributed by atoms with Crippen LogP contribution in [0.4, 0.5) is 0 Å². The third kappa shape index (κ3) is 14.9. The van der Waals surface area contributed by atoms with Gasteiger partial charge in [0.1, 0.15) is 0 Å². The van der Waals surface area contributed by atoms with Crippen molar-refractivity contribution in [3.63, 3.8) is 0 Å². The summed E-state index contributed by atoms with van der Waals surface area (Å²) in [5.74, 6) is 0. The molecule has 0 aliphatic rings. The summed E-state index contributed by atoms with van der Waals surface area (Å²) in [5.41, 5.74) is 0. The van der Waals surface area contributed by atoms with Crippen molar-refractivity contribution in [2.75, 3.05) is 33.5 Å². The van der Waals surface area contributed by atoms with Crippen molar-refractivity contribution in [1.82, 2.24) is 0 Å². The number of hydrogen-bond acceptors (Lipinski definition) is 6. The van der Waals surface area contributed by atoms with Gasteiger partial charge in [0.05, 0.1) is 26.4 Å². The number of methoxy groups -OCH3 is 1. The van der Waals surface area contributed by atoms with Crippen molar-refractivity contribution in [3.8, 4) is 0 Å². The molecule has 7 nitrogen and oxygen atoms in total. The van der Waals surface area contributed by atoms with Crippen molar-refractivity contribution in [1.29, 1.82) is 0 Å². The molecule has 1 heterocycles. The predicted molar refractivity (Wildman–Crippen MR) is 61.3 cm³/mol. The Bertz CT molecular complexity index is 343. The van der Waals surface area contributed by atoms with Gasteiger partial charge in [-0.1, -0.05) is 6.07 Å². The molecule has 104 valence electrons. The molecule has 1 N–H and O–H groups in total. The first-order valence-corrected chi connectivity index (χ1v) is 6.47. The second-order valence-electron chi connectivity index (χ2n) is 2.91. The summed E-state index contributed by atoms with van der Waals surface area (Å²) in [7, 11) is -3.06. The molecule has 0 aliphatic heterocycles. The van der Waals surface area contributed by atoms with E-state index < -0.39 is 10.4 Å². The van der Waals surface area contributed by atoms with Crippen LogP contribution in [0.1, 0.15) is 0 Å². The molecule has 0 amide bonds. The first kappa shape index (κ1) is 16.9. The second kappa shape index (κ2) is 11.1. The molecule has 18 heavy (non-hydrogen) atoms. The zero-order valence-corrected chi connectivity index (χ0v) is 10.9. The van der Waals surface area contributed by atoms with E-state index in [2.05, 4.69) is 13.9 Å². The van der Waals surface area contributed by atoms with Crippen LogP contribution in [0.3, 0.4) is 0 Å². The van der Waals surface area contributed by atoms with Gasteiger partial charge in [0, 0.05) is 19.2 Å². The van der Waals surface area contributed by atoms with Crippen LogP contribution in [-0.2, 0) is 24.1 Å². The van der Waals surface area contributed by atoms with Crippen LogP contribution in [-0.4, -0.2) is 46.5 Å². The molecule has 0 bridgehead atoms. The lowest BCUT2D eigenvalue weighted by molar-refractivity contribution is -0.377. The molecule has 0 saturated carbocycles. The molecule has 0 aliphatic carbocycles. The van der Waals surface area contributed by atoms with Gasteiger partial charge >= 0.3 is 0 Å². The minimum absolute atomic E-state index is 0.0603. The maximum Gasteiger partial charge on any atom is 0.217 e. The van der Waals surface area contributed by atoms with Gasteiger partial charge in [0.2, 0.25) is 10.4 Å². The number of ether oxygens (including phenoxy) is 2. The van der Waals surface area contributed by atoms with Gasteiger partial charge in [-0.2, -0.15) is 0 Å². The Kier molecular flexibility index (Phi) is 10.4. The van der Waals surface area contributed by atoms with Gasteiger partial charge in [-0.3, -0.25) is 4.18 Å². The van der Waals surface area contributed by atoms with E-state index in [9.17, 15) is 13.0 Å². The first-order chi connectivity index (χ1) is 8.56. The van der Waals surface area contributed by atoms with Crippen molar-refractivity contribution < 1.29 is 31.6 Å². The molecule has 1 aromatic heterocycles. The van der Waals surface area contributed by atoms with Gasteiger partial charge in [0.25, 0.3) is 0 Å². The quantitative estimate of drug-likeness (QED) is 0.383. The molecule has 8 heteroatoms. The molecule has 0 radical (unpaired) electrons. The SMILES string of the molecule is COCCOCCOS(=O)(=O)[O-].c1cc[nH+]cc1. The highest BCUT2D eigenvalue weighted by Gasteiger charge is 1.93. The predicted octanol–water partition coefficient (Wildman–Crippen LogP) is -0.373. The number of nitrogens with one attached hydrogen (secondary N) is 1. The Morgan fingerprint density at radius 2 is 1.67 bits per heavy atom. The highest BCUT2D eigenvalue weighted by Crippen LogP contribution is 1.85. The summed E-state index contributed by atoms with van der Waals surface area (Å²) < 4.78 is 42.9. The number of rotatable bonds is 7. The van der Waals surface area contributed by atoms with E-state index in [0.717, 1.165) is 0 Å². The Morgan fingerprint density at radius 3 is 2.06 bits per heavy atom. The third-order valence-corrected chi connectivity index (χ3v) is 1.95. The van der Waals surface area contributed by atoms with Gasteiger partial charge in [-0.25, -0.2) is 13.4 Å². The largest absolute Gasteiger partial charge is 0.726 e. The Hall–Kier alpha value is -1.06. The minimum atomic E-state index is -4.58. The number of aromatic amines is 1. The Balaban J connectivity index is 0.000000397. The smallest absolute Gasteiger partial charge is 0.217 e. The Labute approximate surface area is 107 Å². The van der Waals surface area contributed by atoms with E-state index in [1.54, 1.807) is 0 Å². The van der Waals surface area contributed by atoms with Crippen molar-refractivity contribution in [2.24, 2.45) is 0 Å².